The van der Waals surface area contributed by atoms with Gasteiger partial charge in [0.25, 0.3) is 0 Å². The lowest BCUT2D eigenvalue weighted by Gasteiger charge is -2.27. The van der Waals surface area contributed by atoms with Crippen molar-refractivity contribution in [2.45, 2.75) is 58.9 Å². The molecule has 0 radical (unpaired) electrons. The molecular formula is C14H30N2O2. The molecule has 4 nitrogen and oxygen atoms in total. The third-order valence-corrected chi connectivity index (χ3v) is 3.51. The van der Waals surface area contributed by atoms with Gasteiger partial charge in [0, 0.05) is 13.1 Å². The van der Waals surface area contributed by atoms with Crippen LogP contribution in [0.15, 0.2) is 0 Å². The highest BCUT2D eigenvalue weighted by Gasteiger charge is 2.24. The SMILES string of the molecule is CCCCCCN(CCO)C(=O)C(N)C(C)CC. The molecule has 0 aliphatic carbocycles. The Kier molecular flexibility index (Phi) is 9.98. The van der Waals surface area contributed by atoms with Gasteiger partial charge in [-0.3, -0.25) is 4.79 Å². The number of aliphatic hydroxyl groups is 1. The van der Waals surface area contributed by atoms with E-state index in [-0.39, 0.29) is 18.4 Å². The molecule has 3 N–H and O–H groups in total. The predicted molar refractivity (Wildman–Crippen MR) is 75.2 cm³/mol. The number of carbonyl (C=O) groups excluding carboxylic acids is 1. The molecule has 0 spiro atoms. The molecule has 1 amide bonds. The summed E-state index contributed by atoms with van der Waals surface area (Å²) in [4.78, 5) is 13.9. The van der Waals surface area contributed by atoms with Crippen molar-refractivity contribution in [3.8, 4) is 0 Å². The van der Waals surface area contributed by atoms with Crippen molar-refractivity contribution in [2.24, 2.45) is 11.7 Å². The lowest BCUT2D eigenvalue weighted by molar-refractivity contribution is -0.134. The Labute approximate surface area is 112 Å². The van der Waals surface area contributed by atoms with E-state index in [9.17, 15) is 4.79 Å². The van der Waals surface area contributed by atoms with E-state index < -0.39 is 6.04 Å². The molecule has 0 aliphatic rings. The van der Waals surface area contributed by atoms with E-state index in [0.29, 0.717) is 13.1 Å². The van der Waals surface area contributed by atoms with Crippen LogP contribution in [0.25, 0.3) is 0 Å². The van der Waals surface area contributed by atoms with E-state index in [1.165, 1.54) is 12.8 Å². The Morgan fingerprint density at radius 3 is 2.39 bits per heavy atom. The van der Waals surface area contributed by atoms with Crippen LogP contribution >= 0.6 is 0 Å². The Hall–Kier alpha value is -0.610. The maximum absolute atomic E-state index is 12.2. The van der Waals surface area contributed by atoms with Crippen LogP contribution in [0.3, 0.4) is 0 Å². The van der Waals surface area contributed by atoms with Crippen molar-refractivity contribution in [3.05, 3.63) is 0 Å². The van der Waals surface area contributed by atoms with Gasteiger partial charge >= 0.3 is 0 Å². The van der Waals surface area contributed by atoms with Gasteiger partial charge in [0.15, 0.2) is 0 Å². The maximum atomic E-state index is 12.2. The molecule has 18 heavy (non-hydrogen) atoms. The second-order valence-corrected chi connectivity index (χ2v) is 5.02. The summed E-state index contributed by atoms with van der Waals surface area (Å²) in [7, 11) is 0. The van der Waals surface area contributed by atoms with Gasteiger partial charge < -0.3 is 15.7 Å². The molecule has 0 aromatic heterocycles. The van der Waals surface area contributed by atoms with Gasteiger partial charge in [0.2, 0.25) is 5.91 Å². The highest BCUT2D eigenvalue weighted by Crippen LogP contribution is 2.10. The van der Waals surface area contributed by atoms with Crippen molar-refractivity contribution in [2.75, 3.05) is 19.7 Å². The van der Waals surface area contributed by atoms with E-state index in [4.69, 9.17) is 10.8 Å². The van der Waals surface area contributed by atoms with Gasteiger partial charge in [-0.25, -0.2) is 0 Å². The Balaban J connectivity index is 4.25. The molecule has 0 heterocycles. The van der Waals surface area contributed by atoms with Crippen molar-refractivity contribution < 1.29 is 9.90 Å². The smallest absolute Gasteiger partial charge is 0.239 e. The van der Waals surface area contributed by atoms with Crippen LogP contribution in [0, 0.1) is 5.92 Å². The van der Waals surface area contributed by atoms with E-state index in [2.05, 4.69) is 6.92 Å². The van der Waals surface area contributed by atoms with Gasteiger partial charge in [0.05, 0.1) is 12.6 Å². The fourth-order valence-electron chi connectivity index (χ4n) is 1.89. The zero-order valence-corrected chi connectivity index (χ0v) is 12.2. The first-order valence-corrected chi connectivity index (χ1v) is 7.23. The average molecular weight is 258 g/mol. The summed E-state index contributed by atoms with van der Waals surface area (Å²) < 4.78 is 0. The summed E-state index contributed by atoms with van der Waals surface area (Å²) in [6.45, 7) is 7.31. The molecule has 0 fully saturated rings. The number of rotatable bonds is 10. The minimum atomic E-state index is -0.437. The third-order valence-electron chi connectivity index (χ3n) is 3.51. The molecule has 0 bridgehead atoms. The van der Waals surface area contributed by atoms with Gasteiger partial charge in [-0.15, -0.1) is 0 Å². The number of aliphatic hydroxyl groups excluding tert-OH is 1. The van der Waals surface area contributed by atoms with E-state index in [1.807, 2.05) is 13.8 Å². The normalized spacial score (nSPS) is 14.3. The Morgan fingerprint density at radius 2 is 1.89 bits per heavy atom. The van der Waals surface area contributed by atoms with Gasteiger partial charge in [0.1, 0.15) is 0 Å². The van der Waals surface area contributed by atoms with Crippen LogP contribution in [-0.4, -0.2) is 41.7 Å². The summed E-state index contributed by atoms with van der Waals surface area (Å²) >= 11 is 0. The Bertz CT molecular complexity index is 222. The summed E-state index contributed by atoms with van der Waals surface area (Å²) in [6, 6.07) is -0.437. The molecule has 2 unspecified atom stereocenters. The van der Waals surface area contributed by atoms with E-state index >= 15 is 0 Å². The average Bonchev–Trinajstić information content (AvgIpc) is 2.39. The summed E-state index contributed by atoms with van der Waals surface area (Å²) in [5.41, 5.74) is 5.96. The molecule has 0 saturated carbocycles. The number of hydrogen-bond acceptors (Lipinski definition) is 3. The first-order chi connectivity index (χ1) is 8.58. The Morgan fingerprint density at radius 1 is 1.22 bits per heavy atom. The fourth-order valence-corrected chi connectivity index (χ4v) is 1.89. The maximum Gasteiger partial charge on any atom is 0.239 e. The third kappa shape index (κ3) is 6.36. The lowest BCUT2D eigenvalue weighted by atomic mass is 9.98. The summed E-state index contributed by atoms with van der Waals surface area (Å²) in [6.07, 6.45) is 5.39. The van der Waals surface area contributed by atoms with Crippen molar-refractivity contribution in [1.82, 2.24) is 4.90 Å². The van der Waals surface area contributed by atoms with Crippen LogP contribution < -0.4 is 5.73 Å². The predicted octanol–water partition coefficient (Wildman–Crippen LogP) is 1.76. The molecule has 0 aliphatic heterocycles. The number of hydrogen-bond donors (Lipinski definition) is 2. The van der Waals surface area contributed by atoms with Crippen LogP contribution in [0.1, 0.15) is 52.9 Å². The number of nitrogens with two attached hydrogens (primary N) is 1. The van der Waals surface area contributed by atoms with Crippen molar-refractivity contribution in [3.63, 3.8) is 0 Å². The molecule has 108 valence electrons. The van der Waals surface area contributed by atoms with Crippen LogP contribution in [0.5, 0.6) is 0 Å². The zero-order chi connectivity index (χ0) is 14.0. The quantitative estimate of drug-likeness (QED) is 0.587. The number of carbonyl (C=O) groups is 1. The molecule has 2 atom stereocenters. The van der Waals surface area contributed by atoms with Crippen LogP contribution in [-0.2, 0) is 4.79 Å². The standard InChI is InChI=1S/C14H30N2O2/c1-4-6-7-8-9-16(10-11-17)14(18)13(15)12(3)5-2/h12-13,17H,4-11,15H2,1-3H3. The fraction of sp³-hybridized carbons (Fsp3) is 0.929. The lowest BCUT2D eigenvalue weighted by Crippen LogP contribution is -2.48. The molecule has 0 aromatic carbocycles. The number of nitrogens with zero attached hydrogens (tertiary/aromatic N) is 1. The topological polar surface area (TPSA) is 66.6 Å². The van der Waals surface area contributed by atoms with Crippen molar-refractivity contribution in [1.29, 1.82) is 0 Å². The molecule has 4 heteroatoms. The molecule has 0 rings (SSSR count). The number of unbranched alkanes of at least 4 members (excludes halogenated alkanes) is 3. The van der Waals surface area contributed by atoms with E-state index in [1.54, 1.807) is 4.90 Å². The first-order valence-electron chi connectivity index (χ1n) is 7.23. The van der Waals surface area contributed by atoms with Gasteiger partial charge in [-0.05, 0) is 12.3 Å². The van der Waals surface area contributed by atoms with Crippen molar-refractivity contribution >= 4 is 5.91 Å². The van der Waals surface area contributed by atoms with Gasteiger partial charge in [-0.2, -0.15) is 0 Å². The van der Waals surface area contributed by atoms with Gasteiger partial charge in [-0.1, -0.05) is 46.5 Å². The number of amides is 1. The second-order valence-electron chi connectivity index (χ2n) is 5.02. The zero-order valence-electron chi connectivity index (χ0n) is 12.2. The van der Waals surface area contributed by atoms with Crippen LogP contribution in [0.2, 0.25) is 0 Å². The highest BCUT2D eigenvalue weighted by molar-refractivity contribution is 5.81. The minimum absolute atomic E-state index is 0.00669. The second kappa shape index (κ2) is 10.3. The first kappa shape index (κ1) is 17.4. The van der Waals surface area contributed by atoms with E-state index in [0.717, 1.165) is 19.3 Å². The summed E-state index contributed by atoms with van der Waals surface area (Å²) in [5, 5.41) is 9.03. The highest BCUT2D eigenvalue weighted by atomic mass is 16.3. The molecule has 0 aromatic rings. The summed E-state index contributed by atoms with van der Waals surface area (Å²) in [5.74, 6) is 0.171. The largest absolute Gasteiger partial charge is 0.395 e. The van der Waals surface area contributed by atoms with Crippen LogP contribution in [0.4, 0.5) is 0 Å². The molecular weight excluding hydrogens is 228 g/mol. The molecule has 0 saturated heterocycles. The minimum Gasteiger partial charge on any atom is -0.395 e. The monoisotopic (exact) mass is 258 g/mol.